The van der Waals surface area contributed by atoms with Crippen molar-refractivity contribution in [3.8, 4) is 0 Å². The van der Waals surface area contributed by atoms with Crippen molar-refractivity contribution in [2.45, 2.75) is 26.7 Å². The number of carboxylic acids is 1. The monoisotopic (exact) mass is 359 g/mol. The third kappa shape index (κ3) is 5.83. The molecule has 116 valence electrons. The summed E-state index contributed by atoms with van der Waals surface area (Å²) in [5.74, 6) is -1.61. The van der Waals surface area contributed by atoms with Gasteiger partial charge in [-0.2, -0.15) is 0 Å². The van der Waals surface area contributed by atoms with Crippen molar-refractivity contribution in [1.29, 1.82) is 0 Å². The van der Waals surface area contributed by atoms with Crippen molar-refractivity contribution in [1.82, 2.24) is 5.32 Å². The highest BCUT2D eigenvalue weighted by atomic mass is 79.9. The number of aliphatic carboxylic acids is 1. The Morgan fingerprint density at radius 1 is 1.38 bits per heavy atom. The summed E-state index contributed by atoms with van der Waals surface area (Å²) in [6.45, 7) is 4.26. The van der Waals surface area contributed by atoms with E-state index in [0.717, 1.165) is 0 Å². The lowest BCUT2D eigenvalue weighted by Crippen LogP contribution is -2.31. The van der Waals surface area contributed by atoms with Crippen LogP contribution < -0.4 is 5.32 Å². The van der Waals surface area contributed by atoms with Crippen molar-refractivity contribution in [3.05, 3.63) is 34.1 Å². The van der Waals surface area contributed by atoms with Gasteiger partial charge in [-0.3, -0.25) is 9.59 Å². The highest BCUT2D eigenvalue weighted by Crippen LogP contribution is 2.21. The molecule has 0 aromatic heterocycles. The van der Waals surface area contributed by atoms with Crippen molar-refractivity contribution < 1.29 is 19.1 Å². The van der Waals surface area contributed by atoms with Gasteiger partial charge in [0, 0.05) is 13.0 Å². The molecule has 0 aliphatic carbocycles. The van der Waals surface area contributed by atoms with Gasteiger partial charge in [0.2, 0.25) is 0 Å². The predicted octanol–water partition coefficient (Wildman–Crippen LogP) is 3.46. The van der Waals surface area contributed by atoms with E-state index < -0.39 is 17.7 Å². The lowest BCUT2D eigenvalue weighted by Gasteiger charge is -2.18. The van der Waals surface area contributed by atoms with Gasteiger partial charge in [-0.15, -0.1) is 0 Å². The third-order valence-electron chi connectivity index (χ3n) is 3.02. The zero-order valence-corrected chi connectivity index (χ0v) is 13.6. The van der Waals surface area contributed by atoms with Crippen LogP contribution in [0.1, 0.15) is 37.0 Å². The number of carboxylic acid groups (broad SMARTS) is 1. The number of amides is 1. The van der Waals surface area contributed by atoms with E-state index in [4.69, 9.17) is 5.11 Å². The van der Waals surface area contributed by atoms with Crippen LogP contribution in [-0.2, 0) is 4.79 Å². The number of benzene rings is 1. The Balaban J connectivity index is 2.68. The first kappa shape index (κ1) is 17.6. The Labute approximate surface area is 131 Å². The molecule has 2 N–H and O–H groups in total. The lowest BCUT2D eigenvalue weighted by molar-refractivity contribution is -0.138. The summed E-state index contributed by atoms with van der Waals surface area (Å²) in [7, 11) is 0. The minimum Gasteiger partial charge on any atom is -0.481 e. The van der Waals surface area contributed by atoms with E-state index in [9.17, 15) is 14.0 Å². The maximum absolute atomic E-state index is 13.4. The number of carbonyl (C=O) groups is 2. The first-order valence-electron chi connectivity index (χ1n) is 6.75. The van der Waals surface area contributed by atoms with Crippen LogP contribution in [0.4, 0.5) is 4.39 Å². The SMILES string of the molecule is CC(C)C[C@H](CNC(=O)c1cccc(F)c1Br)CC(=O)O. The molecular weight excluding hydrogens is 341 g/mol. The molecule has 6 heteroatoms. The third-order valence-corrected chi connectivity index (χ3v) is 3.82. The highest BCUT2D eigenvalue weighted by Gasteiger charge is 2.18. The van der Waals surface area contributed by atoms with Crippen LogP contribution in [0.15, 0.2) is 22.7 Å². The van der Waals surface area contributed by atoms with Gasteiger partial charge in [-0.25, -0.2) is 4.39 Å². The molecule has 0 aliphatic heterocycles. The number of nitrogens with one attached hydrogen (secondary N) is 1. The summed E-state index contributed by atoms with van der Waals surface area (Å²) in [6.07, 6.45) is 0.708. The summed E-state index contributed by atoms with van der Waals surface area (Å²) < 4.78 is 13.5. The summed E-state index contributed by atoms with van der Waals surface area (Å²) in [5.41, 5.74) is 0.202. The summed E-state index contributed by atoms with van der Waals surface area (Å²) >= 11 is 3.04. The summed E-state index contributed by atoms with van der Waals surface area (Å²) in [5, 5.41) is 11.6. The van der Waals surface area contributed by atoms with E-state index in [1.54, 1.807) is 0 Å². The van der Waals surface area contributed by atoms with E-state index >= 15 is 0 Å². The Hall–Kier alpha value is -1.43. The van der Waals surface area contributed by atoms with E-state index in [2.05, 4.69) is 21.2 Å². The maximum atomic E-state index is 13.4. The van der Waals surface area contributed by atoms with Gasteiger partial charge >= 0.3 is 5.97 Å². The fraction of sp³-hybridized carbons (Fsp3) is 0.467. The predicted molar refractivity (Wildman–Crippen MR) is 81.6 cm³/mol. The second-order valence-corrected chi connectivity index (χ2v) is 6.20. The molecule has 0 saturated heterocycles. The Bertz CT molecular complexity index is 520. The Morgan fingerprint density at radius 3 is 2.62 bits per heavy atom. The quantitative estimate of drug-likeness (QED) is 0.783. The van der Waals surface area contributed by atoms with E-state index in [-0.39, 0.29) is 28.9 Å². The van der Waals surface area contributed by atoms with Gasteiger partial charge in [0.25, 0.3) is 5.91 Å². The average Bonchev–Trinajstić information content (AvgIpc) is 2.37. The second kappa shape index (κ2) is 8.12. The zero-order chi connectivity index (χ0) is 16.0. The summed E-state index contributed by atoms with van der Waals surface area (Å²) in [6, 6.07) is 4.22. The minimum atomic E-state index is -0.887. The number of hydrogen-bond acceptors (Lipinski definition) is 2. The molecule has 0 fully saturated rings. The van der Waals surface area contributed by atoms with Crippen molar-refractivity contribution >= 4 is 27.8 Å². The smallest absolute Gasteiger partial charge is 0.303 e. The van der Waals surface area contributed by atoms with Gasteiger partial charge in [0.15, 0.2) is 0 Å². The largest absolute Gasteiger partial charge is 0.481 e. The van der Waals surface area contributed by atoms with Crippen LogP contribution in [0.5, 0.6) is 0 Å². The zero-order valence-electron chi connectivity index (χ0n) is 12.0. The van der Waals surface area contributed by atoms with Crippen LogP contribution in [0, 0.1) is 17.7 Å². The molecule has 1 rings (SSSR count). The fourth-order valence-corrected chi connectivity index (χ4v) is 2.61. The van der Waals surface area contributed by atoms with Gasteiger partial charge in [-0.05, 0) is 46.3 Å². The standard InChI is InChI=1S/C15H19BrFNO3/c1-9(2)6-10(7-13(19)20)8-18-15(21)11-4-3-5-12(17)14(11)16/h3-5,9-10H,6-8H2,1-2H3,(H,18,21)(H,19,20)/t10-/m0/s1. The molecule has 4 nitrogen and oxygen atoms in total. The topological polar surface area (TPSA) is 66.4 Å². The van der Waals surface area contributed by atoms with Gasteiger partial charge in [0.1, 0.15) is 5.82 Å². The molecule has 0 heterocycles. The van der Waals surface area contributed by atoms with Crippen molar-refractivity contribution in [2.24, 2.45) is 11.8 Å². The molecule has 1 aromatic carbocycles. The lowest BCUT2D eigenvalue weighted by atomic mass is 9.94. The molecule has 1 amide bonds. The van der Waals surface area contributed by atoms with Gasteiger partial charge in [-0.1, -0.05) is 19.9 Å². The first-order valence-corrected chi connectivity index (χ1v) is 7.54. The average molecular weight is 360 g/mol. The van der Waals surface area contributed by atoms with Crippen LogP contribution >= 0.6 is 15.9 Å². The van der Waals surface area contributed by atoms with Crippen molar-refractivity contribution in [2.75, 3.05) is 6.54 Å². The highest BCUT2D eigenvalue weighted by molar-refractivity contribution is 9.10. The molecule has 0 radical (unpaired) electrons. The first-order chi connectivity index (χ1) is 9.81. The summed E-state index contributed by atoms with van der Waals surface area (Å²) in [4.78, 5) is 22.9. The molecule has 1 aromatic rings. The normalized spacial score (nSPS) is 12.2. The minimum absolute atomic E-state index is 0.00276. The second-order valence-electron chi connectivity index (χ2n) is 5.40. The van der Waals surface area contributed by atoms with E-state index in [0.29, 0.717) is 12.3 Å². The Morgan fingerprint density at radius 2 is 2.05 bits per heavy atom. The van der Waals surface area contributed by atoms with Crippen LogP contribution in [0.25, 0.3) is 0 Å². The number of rotatable bonds is 7. The molecule has 21 heavy (non-hydrogen) atoms. The molecular formula is C15H19BrFNO3. The van der Waals surface area contributed by atoms with E-state index in [1.807, 2.05) is 13.8 Å². The number of halogens is 2. The van der Waals surface area contributed by atoms with Gasteiger partial charge < -0.3 is 10.4 Å². The fourth-order valence-electron chi connectivity index (χ4n) is 2.16. The molecule has 1 atom stereocenters. The van der Waals surface area contributed by atoms with Crippen LogP contribution in [-0.4, -0.2) is 23.5 Å². The van der Waals surface area contributed by atoms with Crippen molar-refractivity contribution in [3.63, 3.8) is 0 Å². The van der Waals surface area contributed by atoms with Crippen LogP contribution in [0.3, 0.4) is 0 Å². The molecule has 0 aliphatic rings. The molecule has 0 unspecified atom stereocenters. The van der Waals surface area contributed by atoms with E-state index in [1.165, 1.54) is 18.2 Å². The Kier molecular flexibility index (Phi) is 6.81. The number of hydrogen-bond donors (Lipinski definition) is 2. The molecule has 0 spiro atoms. The van der Waals surface area contributed by atoms with Gasteiger partial charge in [0.05, 0.1) is 10.0 Å². The molecule has 0 bridgehead atoms. The molecule has 0 saturated carbocycles. The van der Waals surface area contributed by atoms with Crippen LogP contribution in [0.2, 0.25) is 0 Å². The maximum Gasteiger partial charge on any atom is 0.303 e. The number of carbonyl (C=O) groups excluding carboxylic acids is 1.